The van der Waals surface area contributed by atoms with E-state index >= 15 is 0 Å². The molecule has 3 unspecified atom stereocenters. The van der Waals surface area contributed by atoms with Crippen molar-refractivity contribution in [2.24, 2.45) is 23.7 Å². The molecule has 0 aliphatic carbocycles. The van der Waals surface area contributed by atoms with Crippen LogP contribution in [0.15, 0.2) is 0 Å². The lowest BCUT2D eigenvalue weighted by molar-refractivity contribution is -0.161. The smallest absolute Gasteiger partial charge is 0.462 e. The Morgan fingerprint density at radius 3 is 0.732 bits per heavy atom. The van der Waals surface area contributed by atoms with Crippen molar-refractivity contribution in [3.05, 3.63) is 0 Å². The first-order chi connectivity index (χ1) is 46.6. The number of hydrogen-bond acceptors (Lipinski definition) is 15. The average Bonchev–Trinajstić information content (AvgIpc) is 1.76. The summed E-state index contributed by atoms with van der Waals surface area (Å²) < 4.78 is 68.6. The summed E-state index contributed by atoms with van der Waals surface area (Å²) in [4.78, 5) is 72.9. The second kappa shape index (κ2) is 67.2. The molecule has 0 aromatic rings. The van der Waals surface area contributed by atoms with Gasteiger partial charge in [-0.15, -0.1) is 0 Å². The molecular weight excluding hydrogens is 1270 g/mol. The first-order valence-electron chi connectivity index (χ1n) is 40.2. The Labute approximate surface area is 594 Å². The molecule has 0 radical (unpaired) electrons. The van der Waals surface area contributed by atoms with Crippen LogP contribution in [0.4, 0.5) is 0 Å². The van der Waals surface area contributed by atoms with E-state index in [4.69, 9.17) is 37.0 Å². The lowest BCUT2D eigenvalue weighted by Crippen LogP contribution is -2.30. The monoisotopic (exact) mass is 1420 g/mol. The summed E-state index contributed by atoms with van der Waals surface area (Å²) in [5.74, 6) is 0.955. The van der Waals surface area contributed by atoms with E-state index in [0.29, 0.717) is 31.6 Å². The molecule has 0 aliphatic rings. The van der Waals surface area contributed by atoms with Crippen molar-refractivity contribution in [1.29, 1.82) is 0 Å². The maximum Gasteiger partial charge on any atom is 0.472 e. The average molecular weight is 1420 g/mol. The molecule has 17 nitrogen and oxygen atoms in total. The van der Waals surface area contributed by atoms with Gasteiger partial charge in [-0.3, -0.25) is 37.3 Å². The first-order valence-corrected chi connectivity index (χ1v) is 43.2. The van der Waals surface area contributed by atoms with E-state index in [1.165, 1.54) is 193 Å². The Morgan fingerprint density at radius 2 is 0.495 bits per heavy atom. The van der Waals surface area contributed by atoms with Crippen LogP contribution in [-0.4, -0.2) is 96.7 Å². The number of rotatable bonds is 75. The Kier molecular flexibility index (Phi) is 65.9. The summed E-state index contributed by atoms with van der Waals surface area (Å²) in [7, 11) is -9.92. The van der Waals surface area contributed by atoms with Crippen molar-refractivity contribution >= 4 is 39.5 Å². The van der Waals surface area contributed by atoms with Crippen LogP contribution in [0.2, 0.25) is 0 Å². The van der Waals surface area contributed by atoms with Crippen LogP contribution in [0.5, 0.6) is 0 Å². The quantitative estimate of drug-likeness (QED) is 0.0222. The van der Waals surface area contributed by atoms with Crippen LogP contribution in [0.3, 0.4) is 0 Å². The van der Waals surface area contributed by atoms with Crippen LogP contribution in [0, 0.1) is 23.7 Å². The van der Waals surface area contributed by atoms with Crippen molar-refractivity contribution in [3.8, 4) is 0 Å². The lowest BCUT2D eigenvalue weighted by atomic mass is 9.99. The number of unbranched alkanes of at least 4 members (excludes halogenated alkanes) is 40. The van der Waals surface area contributed by atoms with Crippen molar-refractivity contribution in [1.82, 2.24) is 0 Å². The van der Waals surface area contributed by atoms with Crippen LogP contribution in [-0.2, 0) is 65.4 Å². The molecule has 0 spiro atoms. The highest BCUT2D eigenvalue weighted by Gasteiger charge is 2.30. The lowest BCUT2D eigenvalue weighted by Gasteiger charge is -2.21. The minimum Gasteiger partial charge on any atom is -0.462 e. The molecule has 0 amide bonds. The van der Waals surface area contributed by atoms with E-state index in [-0.39, 0.29) is 25.7 Å². The van der Waals surface area contributed by atoms with Gasteiger partial charge in [0.25, 0.3) is 0 Å². The second-order valence-corrected chi connectivity index (χ2v) is 32.7. The molecule has 0 fully saturated rings. The zero-order valence-corrected chi connectivity index (χ0v) is 65.5. The summed E-state index contributed by atoms with van der Waals surface area (Å²) in [5.41, 5.74) is 0. The number of aliphatic hydroxyl groups is 1. The fourth-order valence-electron chi connectivity index (χ4n) is 11.9. The van der Waals surface area contributed by atoms with E-state index in [1.807, 2.05) is 0 Å². The molecule has 6 atom stereocenters. The Hall–Kier alpha value is -1.94. The standard InChI is InChI=1S/C78H152O17P2/c1-9-71(8)57-49-41-32-26-22-23-27-33-42-50-58-75(80)88-64-73(94-77(82)60-52-44-34-28-20-15-13-11-10-12-14-18-24-30-38-46-54-68(2)3)66-92-96(84,85)90-62-72(79)63-91-97(86,87)93-67-74(65-89-76(81)59-51-43-37-36-40-48-56-70(6)7)95-78(83)61-53-45-35-29-21-17-16-19-25-31-39-47-55-69(4)5/h68-74,79H,9-67H2,1-8H3,(H,84,85)(H,86,87)/t71?,72-,73-,74-/m1/s1. The van der Waals surface area contributed by atoms with Gasteiger partial charge in [0.05, 0.1) is 26.4 Å². The molecule has 0 aromatic heterocycles. The largest absolute Gasteiger partial charge is 0.472 e. The predicted molar refractivity (Wildman–Crippen MR) is 395 cm³/mol. The highest BCUT2D eigenvalue weighted by atomic mass is 31.2. The second-order valence-electron chi connectivity index (χ2n) is 29.8. The van der Waals surface area contributed by atoms with Gasteiger partial charge in [-0.25, -0.2) is 9.13 Å². The SMILES string of the molecule is CCC(C)CCCCCCCCCCCCC(=O)OC[C@H](COP(=O)(O)OC[C@@H](O)COP(=O)(O)OC[C@@H](COC(=O)CCCCCCCCC(C)C)OC(=O)CCCCCCCCCCCCCCC(C)C)OC(=O)CCCCCCCCCCCCCCCCCCC(C)C. The van der Waals surface area contributed by atoms with Gasteiger partial charge in [-0.05, 0) is 49.4 Å². The minimum absolute atomic E-state index is 0.105. The number of esters is 4. The molecule has 0 bridgehead atoms. The molecule has 0 aromatic carbocycles. The zero-order chi connectivity index (χ0) is 71.7. The Bertz CT molecular complexity index is 1900. The molecule has 3 N–H and O–H groups in total. The highest BCUT2D eigenvalue weighted by molar-refractivity contribution is 7.47. The van der Waals surface area contributed by atoms with Crippen LogP contribution >= 0.6 is 15.6 Å². The molecule has 576 valence electrons. The molecule has 0 saturated carbocycles. The van der Waals surface area contributed by atoms with Gasteiger partial charge < -0.3 is 33.8 Å². The third-order valence-electron chi connectivity index (χ3n) is 18.4. The van der Waals surface area contributed by atoms with E-state index in [9.17, 15) is 43.2 Å². The zero-order valence-electron chi connectivity index (χ0n) is 63.7. The van der Waals surface area contributed by atoms with Gasteiger partial charge in [0.1, 0.15) is 19.3 Å². The van der Waals surface area contributed by atoms with Gasteiger partial charge in [0.15, 0.2) is 12.2 Å². The summed E-state index contributed by atoms with van der Waals surface area (Å²) in [6, 6.07) is 0. The Morgan fingerprint density at radius 1 is 0.289 bits per heavy atom. The maximum atomic E-state index is 13.1. The van der Waals surface area contributed by atoms with E-state index in [2.05, 4.69) is 55.4 Å². The number of hydrogen-bond donors (Lipinski definition) is 3. The number of carbonyl (C=O) groups excluding carboxylic acids is 4. The van der Waals surface area contributed by atoms with Crippen molar-refractivity contribution < 1.29 is 80.2 Å². The van der Waals surface area contributed by atoms with Gasteiger partial charge in [-0.1, -0.05) is 344 Å². The van der Waals surface area contributed by atoms with Crippen LogP contribution < -0.4 is 0 Å². The fourth-order valence-corrected chi connectivity index (χ4v) is 13.5. The van der Waals surface area contributed by atoms with Crippen molar-refractivity contribution in [2.45, 2.75) is 414 Å². The third-order valence-corrected chi connectivity index (χ3v) is 20.3. The van der Waals surface area contributed by atoms with E-state index < -0.39 is 97.5 Å². The van der Waals surface area contributed by atoms with Crippen LogP contribution in [0.25, 0.3) is 0 Å². The summed E-state index contributed by atoms with van der Waals surface area (Å²) >= 11 is 0. The van der Waals surface area contributed by atoms with E-state index in [1.54, 1.807) is 0 Å². The first kappa shape index (κ1) is 95.1. The van der Waals surface area contributed by atoms with Crippen molar-refractivity contribution in [2.75, 3.05) is 39.6 Å². The fraction of sp³-hybridized carbons (Fsp3) is 0.949. The molecular formula is C78H152O17P2. The number of carbonyl (C=O) groups is 4. The summed E-state index contributed by atoms with van der Waals surface area (Å²) in [6.45, 7) is 14.2. The Balaban J connectivity index is 5.23. The number of phosphoric ester groups is 2. The molecule has 97 heavy (non-hydrogen) atoms. The van der Waals surface area contributed by atoms with Gasteiger partial charge in [0.2, 0.25) is 0 Å². The number of ether oxygens (including phenoxy) is 4. The van der Waals surface area contributed by atoms with Crippen LogP contribution in [0.1, 0.15) is 396 Å². The predicted octanol–water partition coefficient (Wildman–Crippen LogP) is 22.8. The maximum absolute atomic E-state index is 13.1. The van der Waals surface area contributed by atoms with Gasteiger partial charge >= 0.3 is 39.5 Å². The third kappa shape index (κ3) is 70.9. The number of aliphatic hydroxyl groups excluding tert-OH is 1. The minimum atomic E-state index is -4.96. The normalized spacial score (nSPS) is 14.4. The van der Waals surface area contributed by atoms with E-state index in [0.717, 1.165) is 114 Å². The molecule has 0 aliphatic heterocycles. The molecule has 0 rings (SSSR count). The molecule has 19 heteroatoms. The molecule has 0 heterocycles. The molecule has 0 saturated heterocycles. The van der Waals surface area contributed by atoms with Gasteiger partial charge in [-0.2, -0.15) is 0 Å². The van der Waals surface area contributed by atoms with Crippen molar-refractivity contribution in [3.63, 3.8) is 0 Å². The summed E-state index contributed by atoms with van der Waals surface area (Å²) in [5, 5.41) is 10.6. The number of phosphoric acid groups is 2. The summed E-state index contributed by atoms with van der Waals surface area (Å²) in [6.07, 6.45) is 52.8. The van der Waals surface area contributed by atoms with Gasteiger partial charge in [0, 0.05) is 25.7 Å². The topological polar surface area (TPSA) is 237 Å². The highest BCUT2D eigenvalue weighted by Crippen LogP contribution is 2.45.